The Labute approximate surface area is 59.2 Å². The second-order valence-electron chi connectivity index (χ2n) is 1.10. The number of rotatable bonds is 2. The molecule has 0 aliphatic carbocycles. The van der Waals surface area contributed by atoms with Crippen LogP contribution in [0.15, 0.2) is 0 Å². The van der Waals surface area contributed by atoms with Gasteiger partial charge in [0.2, 0.25) is 0 Å². The van der Waals surface area contributed by atoms with E-state index >= 15 is 0 Å². The minimum Gasteiger partial charge on any atom is -0.147 e. The summed E-state index contributed by atoms with van der Waals surface area (Å²) in [5, 5.41) is 0. The van der Waals surface area contributed by atoms with Crippen molar-refractivity contribution in [2.75, 3.05) is 0 Å². The summed E-state index contributed by atoms with van der Waals surface area (Å²) in [6, 6.07) is 0. The Hall–Kier alpha value is 1.09. The predicted molar refractivity (Wildman–Crippen MR) is 32.7 cm³/mol. The molecule has 37 valence electrons. The molecule has 2 heteroatoms. The molecule has 3 radical (unpaired) electrons. The maximum atomic E-state index is 2.23. The molecule has 0 bridgehead atoms. The normalized spacial score (nSPS) is 7.00. The molecule has 0 heterocycles. The van der Waals surface area contributed by atoms with E-state index in [1.807, 2.05) is 0 Å². The maximum absolute atomic E-state index is 2.23. The first-order chi connectivity index (χ1) is 2.41. The molecule has 6 heavy (non-hydrogen) atoms. The first-order valence-corrected chi connectivity index (χ1v) is 4.08. The van der Waals surface area contributed by atoms with Gasteiger partial charge in [-0.15, -0.1) is 12.4 Å². The van der Waals surface area contributed by atoms with E-state index in [4.69, 9.17) is 0 Å². The van der Waals surface area contributed by atoms with Gasteiger partial charge in [0.1, 0.15) is 0 Å². The zero-order valence-electron chi connectivity index (χ0n) is 4.03. The van der Waals surface area contributed by atoms with Crippen molar-refractivity contribution in [2.45, 2.75) is 24.2 Å². The average Bonchev–Trinajstić information content (AvgIpc) is 1.41. The quantitative estimate of drug-likeness (QED) is 0.612. The van der Waals surface area contributed by atoms with E-state index in [1.165, 1.54) is 17.3 Å². The van der Waals surface area contributed by atoms with Gasteiger partial charge in [0.05, 0.1) is 0 Å². The molecule has 0 spiro atoms. The van der Waals surface area contributed by atoms with Crippen LogP contribution in [0.25, 0.3) is 0 Å². The molecule has 0 unspecified atom stereocenters. The molecule has 0 saturated carbocycles. The van der Waals surface area contributed by atoms with Gasteiger partial charge >= 0.3 is 46.7 Å². The van der Waals surface area contributed by atoms with E-state index in [0.717, 1.165) is 0 Å². The third-order valence-electron chi connectivity index (χ3n) is 0.530. The first-order valence-electron chi connectivity index (χ1n) is 2.06. The smallest absolute Gasteiger partial charge is 0.147 e. The van der Waals surface area contributed by atoms with Crippen LogP contribution in [0.3, 0.4) is 0 Å². The van der Waals surface area contributed by atoms with Gasteiger partial charge in [0, 0.05) is 0 Å². The average molecular weight is 212 g/mol. The van der Waals surface area contributed by atoms with Crippen molar-refractivity contribution in [1.29, 1.82) is 0 Å². The van der Waals surface area contributed by atoms with E-state index < -0.39 is 0 Å². The molecule has 0 aliphatic heterocycles. The number of hydrogen-bond donors (Lipinski definition) is 0. The predicted octanol–water partition coefficient (Wildman–Crippen LogP) is 1.80. The summed E-state index contributed by atoms with van der Waals surface area (Å²) in [7, 11) is 0. The fourth-order valence-electron chi connectivity index (χ4n) is 0.177. The van der Waals surface area contributed by atoms with Crippen LogP contribution in [0.4, 0.5) is 0 Å². The summed E-state index contributed by atoms with van der Waals surface area (Å²) in [6.07, 6.45) is 2.80. The van der Waals surface area contributed by atoms with E-state index in [0.29, 0.717) is 0 Å². The van der Waals surface area contributed by atoms with Gasteiger partial charge in [-0.1, -0.05) is 0 Å². The molecule has 0 atom stereocenters. The van der Waals surface area contributed by atoms with Crippen molar-refractivity contribution in [3.63, 3.8) is 0 Å². The Kier molecular flexibility index (Phi) is 16.0. The fraction of sp³-hybridized carbons (Fsp3) is 1.00. The Morgan fingerprint density at radius 2 is 2.00 bits per heavy atom. The van der Waals surface area contributed by atoms with Crippen LogP contribution in [0.1, 0.15) is 19.8 Å². The molecule has 0 rings (SSSR count). The molecule has 0 nitrogen and oxygen atoms in total. The van der Waals surface area contributed by atoms with Crippen LogP contribution in [-0.2, 0) is 0 Å². The topological polar surface area (TPSA) is 0 Å². The van der Waals surface area contributed by atoms with E-state index in [1.54, 1.807) is 22.5 Å². The van der Waals surface area contributed by atoms with Crippen LogP contribution in [0, 0.1) is 0 Å². The summed E-state index contributed by atoms with van der Waals surface area (Å²) < 4.78 is 1.43. The first kappa shape index (κ1) is 10.1. The number of unbranched alkanes of at least 4 members (excludes halogenated alkanes) is 1. The zero-order chi connectivity index (χ0) is 4.12. The standard InChI is InChI=1S/C4H9.ClH.Sn/c1-3-4-2;;/h1,3-4H2,2H3;1H;. The van der Waals surface area contributed by atoms with Gasteiger partial charge in [-0.2, -0.15) is 0 Å². The summed E-state index contributed by atoms with van der Waals surface area (Å²) in [6.45, 7) is 2.23. The summed E-state index contributed by atoms with van der Waals surface area (Å²) in [5.41, 5.74) is 0. The van der Waals surface area contributed by atoms with Gasteiger partial charge in [0.25, 0.3) is 0 Å². The van der Waals surface area contributed by atoms with Crippen LogP contribution < -0.4 is 0 Å². The summed E-state index contributed by atoms with van der Waals surface area (Å²) in [4.78, 5) is 0. The third-order valence-corrected chi connectivity index (χ3v) is 1.54. The summed E-state index contributed by atoms with van der Waals surface area (Å²) in [5.74, 6) is 0. The molecule has 0 aromatic heterocycles. The molecular formula is C4H10ClSn. The molecular weight excluding hydrogens is 202 g/mol. The van der Waals surface area contributed by atoms with Crippen LogP contribution >= 0.6 is 12.4 Å². The van der Waals surface area contributed by atoms with Gasteiger partial charge in [-0.05, 0) is 0 Å². The van der Waals surface area contributed by atoms with Crippen molar-refractivity contribution >= 4 is 34.9 Å². The largest absolute Gasteiger partial charge is 0.147 e. The van der Waals surface area contributed by atoms with Crippen molar-refractivity contribution in [1.82, 2.24) is 0 Å². The minimum atomic E-state index is 0. The SMILES string of the molecule is CCC[CH2][Sn].Cl. The van der Waals surface area contributed by atoms with Crippen LogP contribution in [0.2, 0.25) is 4.44 Å². The molecule has 0 amide bonds. The van der Waals surface area contributed by atoms with E-state index in [-0.39, 0.29) is 12.4 Å². The van der Waals surface area contributed by atoms with Crippen molar-refractivity contribution in [2.24, 2.45) is 0 Å². The third kappa shape index (κ3) is 8.92. The fourth-order valence-corrected chi connectivity index (χ4v) is 1.19. The summed E-state index contributed by atoms with van der Waals surface area (Å²) >= 11 is 1.68. The van der Waals surface area contributed by atoms with Gasteiger partial charge < -0.3 is 0 Å². The Morgan fingerprint density at radius 3 is 2.00 bits per heavy atom. The molecule has 0 N–H and O–H groups in total. The Morgan fingerprint density at radius 1 is 1.50 bits per heavy atom. The molecule has 0 saturated heterocycles. The molecule has 0 fully saturated rings. The molecule has 0 aromatic rings. The van der Waals surface area contributed by atoms with Crippen LogP contribution in [0.5, 0.6) is 0 Å². The van der Waals surface area contributed by atoms with Crippen molar-refractivity contribution < 1.29 is 0 Å². The minimum absolute atomic E-state index is 0. The Balaban J connectivity index is 0. The molecule has 0 aromatic carbocycles. The second kappa shape index (κ2) is 9.43. The zero-order valence-corrected chi connectivity index (χ0v) is 7.70. The monoisotopic (exact) mass is 213 g/mol. The Bertz CT molecular complexity index is 15.0. The van der Waals surface area contributed by atoms with Gasteiger partial charge in [-0.25, -0.2) is 0 Å². The van der Waals surface area contributed by atoms with E-state index in [2.05, 4.69) is 6.92 Å². The van der Waals surface area contributed by atoms with Crippen molar-refractivity contribution in [3.8, 4) is 0 Å². The molecule has 0 aliphatic rings. The van der Waals surface area contributed by atoms with Gasteiger partial charge in [-0.3, -0.25) is 0 Å². The number of hydrogen-bond acceptors (Lipinski definition) is 0. The number of halogens is 1. The second-order valence-corrected chi connectivity index (χ2v) is 2.53. The van der Waals surface area contributed by atoms with E-state index in [9.17, 15) is 0 Å². The maximum Gasteiger partial charge on any atom is -0.147 e. The van der Waals surface area contributed by atoms with Crippen molar-refractivity contribution in [3.05, 3.63) is 0 Å². The van der Waals surface area contributed by atoms with Gasteiger partial charge in [0.15, 0.2) is 0 Å². The van der Waals surface area contributed by atoms with Crippen LogP contribution in [-0.4, -0.2) is 22.5 Å².